The Morgan fingerprint density at radius 2 is 0.922 bits per heavy atom. The number of hydrogen-bond donors (Lipinski definition) is 1. The summed E-state index contributed by atoms with van der Waals surface area (Å²) in [5, 5.41) is 10.5. The molecule has 3 aromatic carbocycles. The molecule has 1 atom stereocenters. The van der Waals surface area contributed by atoms with Crippen LogP contribution in [0.2, 0.25) is 0 Å². The van der Waals surface area contributed by atoms with Crippen molar-refractivity contribution in [2.75, 3.05) is 13.2 Å². The van der Waals surface area contributed by atoms with E-state index in [9.17, 15) is 14.7 Å². The van der Waals surface area contributed by atoms with Crippen LogP contribution in [-0.4, -0.2) is 30.3 Å². The zero-order chi connectivity index (χ0) is 36.4. The number of aliphatic hydroxyl groups excluding tert-OH is 1. The highest BCUT2D eigenvalue weighted by Crippen LogP contribution is 2.25. The van der Waals surface area contributed by atoms with Gasteiger partial charge in [0.25, 0.3) is 0 Å². The fourth-order valence-corrected chi connectivity index (χ4v) is 6.18. The number of benzene rings is 3. The number of esters is 2. The van der Waals surface area contributed by atoms with Gasteiger partial charge in [-0.25, -0.2) is 9.59 Å². The molecule has 0 saturated heterocycles. The first kappa shape index (κ1) is 41.8. The maximum atomic E-state index is 12.8. The maximum absolute atomic E-state index is 12.8. The molecular weight excluding hydrogens is 636 g/mol. The Kier molecular flexibility index (Phi) is 21.4. The molecule has 0 bridgehead atoms. The van der Waals surface area contributed by atoms with Crippen LogP contribution in [0.5, 0.6) is 11.5 Å². The second-order valence-electron chi connectivity index (χ2n) is 13.8. The minimum absolute atomic E-state index is 0.306. The molecular formula is C45H64O6. The van der Waals surface area contributed by atoms with Crippen LogP contribution in [0.3, 0.4) is 0 Å². The molecule has 3 rings (SSSR count). The van der Waals surface area contributed by atoms with E-state index < -0.39 is 18.0 Å². The molecule has 0 saturated carbocycles. The molecule has 0 aliphatic heterocycles. The normalized spacial score (nSPS) is 11.7. The van der Waals surface area contributed by atoms with Crippen molar-refractivity contribution in [3.05, 3.63) is 83.9 Å². The van der Waals surface area contributed by atoms with Gasteiger partial charge in [-0.1, -0.05) is 166 Å². The zero-order valence-electron chi connectivity index (χ0n) is 31.6. The van der Waals surface area contributed by atoms with Crippen molar-refractivity contribution in [2.24, 2.45) is 0 Å². The maximum Gasteiger partial charge on any atom is 0.343 e. The monoisotopic (exact) mass is 700 g/mol. The van der Waals surface area contributed by atoms with Crippen molar-refractivity contribution < 1.29 is 28.9 Å². The molecule has 0 aliphatic carbocycles. The van der Waals surface area contributed by atoms with E-state index in [1.165, 1.54) is 103 Å². The lowest BCUT2D eigenvalue weighted by molar-refractivity contribution is -0.154. The van der Waals surface area contributed by atoms with Gasteiger partial charge in [-0.05, 0) is 65.9 Å². The van der Waals surface area contributed by atoms with E-state index in [2.05, 4.69) is 13.8 Å². The zero-order valence-corrected chi connectivity index (χ0v) is 31.6. The summed E-state index contributed by atoms with van der Waals surface area (Å²) in [6.07, 6.45) is 23.7. The minimum Gasteiger partial charge on any atom is -0.494 e. The third-order valence-corrected chi connectivity index (χ3v) is 9.45. The lowest BCUT2D eigenvalue weighted by atomic mass is 10.0. The Bertz CT molecular complexity index is 1330. The highest BCUT2D eigenvalue weighted by Gasteiger charge is 2.19. The average Bonchev–Trinajstić information content (AvgIpc) is 3.16. The van der Waals surface area contributed by atoms with E-state index in [1.807, 2.05) is 36.4 Å². The van der Waals surface area contributed by atoms with Crippen LogP contribution in [0, 0.1) is 0 Å². The summed E-state index contributed by atoms with van der Waals surface area (Å²) in [6, 6.07) is 21.6. The third-order valence-electron chi connectivity index (χ3n) is 9.45. The number of carbonyl (C=O) groups excluding carboxylic acids is 2. The molecule has 0 spiro atoms. The summed E-state index contributed by atoms with van der Waals surface area (Å²) in [4.78, 5) is 25.2. The number of carbonyl (C=O) groups is 2. The van der Waals surface area contributed by atoms with E-state index >= 15 is 0 Å². The van der Waals surface area contributed by atoms with Gasteiger partial charge in [0.2, 0.25) is 0 Å². The molecule has 0 amide bonds. The summed E-state index contributed by atoms with van der Waals surface area (Å²) < 4.78 is 16.8. The van der Waals surface area contributed by atoms with Gasteiger partial charge in [-0.15, -0.1) is 0 Å². The molecule has 6 heteroatoms. The molecule has 3 aromatic rings. The molecule has 280 valence electrons. The topological polar surface area (TPSA) is 82.1 Å². The van der Waals surface area contributed by atoms with Gasteiger partial charge in [-0.2, -0.15) is 0 Å². The van der Waals surface area contributed by atoms with Crippen molar-refractivity contribution in [1.29, 1.82) is 0 Å². The summed E-state index contributed by atoms with van der Waals surface area (Å²) in [7, 11) is 0. The van der Waals surface area contributed by atoms with Crippen LogP contribution in [0.1, 0.15) is 164 Å². The fourth-order valence-electron chi connectivity index (χ4n) is 6.18. The predicted molar refractivity (Wildman–Crippen MR) is 208 cm³/mol. The van der Waals surface area contributed by atoms with Crippen molar-refractivity contribution in [1.82, 2.24) is 0 Å². The SMILES string of the molecule is CCCCCCCCCCCCOC(=O)[C@@H](O)c1ccc(OC(=O)c2ccc(-c3ccc(OCCCCCCCCCCCC)cc3)cc2)cc1. The largest absolute Gasteiger partial charge is 0.494 e. The fraction of sp³-hybridized carbons (Fsp3) is 0.556. The number of rotatable bonds is 28. The molecule has 0 radical (unpaired) electrons. The first-order chi connectivity index (χ1) is 25.0. The van der Waals surface area contributed by atoms with Crippen molar-refractivity contribution in [3.8, 4) is 22.6 Å². The van der Waals surface area contributed by atoms with Crippen LogP contribution >= 0.6 is 0 Å². The second kappa shape index (κ2) is 26.2. The Balaban J connectivity index is 1.31. The quantitative estimate of drug-likeness (QED) is 0.0461. The van der Waals surface area contributed by atoms with Gasteiger partial charge in [0.05, 0.1) is 18.8 Å². The van der Waals surface area contributed by atoms with Gasteiger partial charge >= 0.3 is 11.9 Å². The molecule has 0 aliphatic rings. The first-order valence-electron chi connectivity index (χ1n) is 20.0. The molecule has 6 nitrogen and oxygen atoms in total. The number of hydrogen-bond acceptors (Lipinski definition) is 6. The molecule has 51 heavy (non-hydrogen) atoms. The van der Waals surface area contributed by atoms with E-state index in [4.69, 9.17) is 14.2 Å². The summed E-state index contributed by atoms with van der Waals surface area (Å²) >= 11 is 0. The molecule has 0 aromatic heterocycles. The first-order valence-corrected chi connectivity index (χ1v) is 20.0. The van der Waals surface area contributed by atoms with Gasteiger partial charge in [0.1, 0.15) is 11.5 Å². The van der Waals surface area contributed by atoms with Crippen LogP contribution in [0.4, 0.5) is 0 Å². The molecule has 0 fully saturated rings. The summed E-state index contributed by atoms with van der Waals surface area (Å²) in [5.41, 5.74) is 2.85. The Hall–Kier alpha value is -3.64. The van der Waals surface area contributed by atoms with Crippen molar-refractivity contribution in [2.45, 2.75) is 148 Å². The average molecular weight is 701 g/mol. The van der Waals surface area contributed by atoms with Crippen LogP contribution < -0.4 is 9.47 Å². The van der Waals surface area contributed by atoms with Gasteiger partial charge in [0, 0.05) is 0 Å². The van der Waals surface area contributed by atoms with Crippen molar-refractivity contribution >= 4 is 11.9 Å². The summed E-state index contributed by atoms with van der Waals surface area (Å²) in [5.74, 6) is 0.0468. The van der Waals surface area contributed by atoms with Gasteiger partial charge in [-0.3, -0.25) is 0 Å². The standard InChI is InChI=1S/C45H64O6/c1-3-5-7-9-11-13-15-17-19-21-35-49-41-31-27-38(28-32-41)37-23-25-40(26-24-37)44(47)51-42-33-29-39(30-34-42)43(46)45(48)50-36-22-20-18-16-14-12-10-8-6-4-2/h23-34,43,46H,3-22,35-36H2,1-2H3/t43-/m0/s1. The number of aliphatic hydroxyl groups is 1. The molecule has 1 N–H and O–H groups in total. The highest BCUT2D eigenvalue weighted by molar-refractivity contribution is 5.91. The molecule has 0 heterocycles. The third kappa shape index (κ3) is 17.4. The van der Waals surface area contributed by atoms with Crippen LogP contribution in [0.25, 0.3) is 11.1 Å². The lowest BCUT2D eigenvalue weighted by Crippen LogP contribution is -2.16. The minimum atomic E-state index is -1.38. The second-order valence-corrected chi connectivity index (χ2v) is 13.8. The van der Waals surface area contributed by atoms with Gasteiger partial charge in [0.15, 0.2) is 6.10 Å². The van der Waals surface area contributed by atoms with E-state index in [0.717, 1.165) is 49.2 Å². The highest BCUT2D eigenvalue weighted by atomic mass is 16.5. The number of ether oxygens (including phenoxy) is 3. The van der Waals surface area contributed by atoms with E-state index in [1.54, 1.807) is 36.4 Å². The number of unbranched alkanes of at least 4 members (excludes halogenated alkanes) is 18. The predicted octanol–water partition coefficient (Wildman–Crippen LogP) is 12.4. The van der Waals surface area contributed by atoms with Crippen molar-refractivity contribution in [3.63, 3.8) is 0 Å². The van der Waals surface area contributed by atoms with E-state index in [0.29, 0.717) is 23.5 Å². The Morgan fingerprint density at radius 1 is 0.510 bits per heavy atom. The van der Waals surface area contributed by atoms with Crippen LogP contribution in [0.15, 0.2) is 72.8 Å². The lowest BCUT2D eigenvalue weighted by Gasteiger charge is -2.12. The Morgan fingerprint density at radius 3 is 1.41 bits per heavy atom. The Labute approximate surface area is 308 Å². The summed E-state index contributed by atoms with van der Waals surface area (Å²) in [6.45, 7) is 5.54. The van der Waals surface area contributed by atoms with Gasteiger partial charge < -0.3 is 19.3 Å². The molecule has 0 unspecified atom stereocenters. The van der Waals surface area contributed by atoms with Crippen LogP contribution in [-0.2, 0) is 9.53 Å². The van der Waals surface area contributed by atoms with E-state index in [-0.39, 0.29) is 0 Å². The smallest absolute Gasteiger partial charge is 0.343 e.